The van der Waals surface area contributed by atoms with E-state index in [1.807, 2.05) is 32.0 Å². The zero-order valence-corrected chi connectivity index (χ0v) is 19.2. The Bertz CT molecular complexity index is 1120. The summed E-state index contributed by atoms with van der Waals surface area (Å²) in [7, 11) is 0. The topological polar surface area (TPSA) is 129 Å². The Labute approximate surface area is 197 Å². The summed E-state index contributed by atoms with van der Waals surface area (Å²) in [4.78, 5) is 56.7. The zero-order chi connectivity index (χ0) is 24.4. The van der Waals surface area contributed by atoms with Gasteiger partial charge < -0.3 is 15.7 Å². The number of carboxylic acids is 1. The molecular formula is C25H28N4O5. The molecule has 4 atom stereocenters. The van der Waals surface area contributed by atoms with Gasteiger partial charge in [-0.15, -0.1) is 0 Å². The first kappa shape index (κ1) is 23.4. The van der Waals surface area contributed by atoms with Gasteiger partial charge in [0.05, 0.1) is 11.3 Å². The number of amides is 3. The van der Waals surface area contributed by atoms with E-state index >= 15 is 0 Å². The molecule has 0 bridgehead atoms. The zero-order valence-electron chi connectivity index (χ0n) is 19.2. The highest BCUT2D eigenvalue weighted by atomic mass is 16.4. The molecule has 3 heterocycles. The molecular weight excluding hydrogens is 436 g/mol. The van der Waals surface area contributed by atoms with Crippen LogP contribution in [-0.2, 0) is 27.2 Å². The Morgan fingerprint density at radius 2 is 1.97 bits per heavy atom. The average Bonchev–Trinajstić information content (AvgIpc) is 3.19. The molecule has 1 aromatic carbocycles. The number of aliphatic carboxylic acids is 1. The third-order valence-electron chi connectivity index (χ3n) is 6.71. The highest BCUT2D eigenvalue weighted by Crippen LogP contribution is 2.39. The Balaban J connectivity index is 1.56. The summed E-state index contributed by atoms with van der Waals surface area (Å²) < 4.78 is 0. The number of aryl methyl sites for hydroxylation is 1. The minimum absolute atomic E-state index is 0.191. The summed E-state index contributed by atoms with van der Waals surface area (Å²) in [6.45, 7) is 3.77. The van der Waals surface area contributed by atoms with E-state index in [4.69, 9.17) is 0 Å². The van der Waals surface area contributed by atoms with Gasteiger partial charge in [0.25, 0.3) is 5.91 Å². The summed E-state index contributed by atoms with van der Waals surface area (Å²) in [6.07, 6.45) is 4.71. The van der Waals surface area contributed by atoms with Crippen LogP contribution in [0.1, 0.15) is 48.2 Å². The van der Waals surface area contributed by atoms with Crippen LogP contribution in [0.15, 0.2) is 42.7 Å². The fraction of sp³-hybridized carbons (Fsp3) is 0.400. The van der Waals surface area contributed by atoms with Crippen molar-refractivity contribution in [3.05, 3.63) is 59.4 Å². The number of aromatic nitrogens is 1. The van der Waals surface area contributed by atoms with Crippen molar-refractivity contribution in [3.8, 4) is 0 Å². The number of hydrogen-bond donors (Lipinski definition) is 3. The van der Waals surface area contributed by atoms with Gasteiger partial charge >= 0.3 is 5.97 Å². The maximum Gasteiger partial charge on any atom is 0.327 e. The van der Waals surface area contributed by atoms with Gasteiger partial charge in [-0.3, -0.25) is 24.3 Å². The maximum atomic E-state index is 13.5. The van der Waals surface area contributed by atoms with Crippen molar-refractivity contribution < 1.29 is 24.3 Å². The SMILES string of the molecule is CC[C@H](C)[C@H](NC(=O)c1cccnc1)C(=O)N[C@H]1CCc2cccc3c2N(C1=O)[C@H](C(=O)O)C3. The summed E-state index contributed by atoms with van der Waals surface area (Å²) in [5.41, 5.74) is 2.71. The third-order valence-corrected chi connectivity index (χ3v) is 6.71. The minimum atomic E-state index is -1.08. The van der Waals surface area contributed by atoms with E-state index in [0.29, 0.717) is 30.5 Å². The van der Waals surface area contributed by atoms with Crippen molar-refractivity contribution in [1.82, 2.24) is 15.6 Å². The molecule has 0 aliphatic carbocycles. The monoisotopic (exact) mass is 464 g/mol. The molecule has 0 unspecified atom stereocenters. The highest BCUT2D eigenvalue weighted by molar-refractivity contribution is 6.07. The number of carboxylic acid groups (broad SMARTS) is 1. The first-order valence-electron chi connectivity index (χ1n) is 11.5. The van der Waals surface area contributed by atoms with Gasteiger partial charge in [0.1, 0.15) is 18.1 Å². The van der Waals surface area contributed by atoms with Crippen LogP contribution in [0.2, 0.25) is 0 Å². The van der Waals surface area contributed by atoms with E-state index < -0.39 is 41.8 Å². The number of pyridine rings is 1. The predicted molar refractivity (Wildman–Crippen MR) is 124 cm³/mol. The molecule has 3 amide bonds. The van der Waals surface area contributed by atoms with Crippen LogP contribution in [0.3, 0.4) is 0 Å². The van der Waals surface area contributed by atoms with Gasteiger partial charge in [-0.1, -0.05) is 38.5 Å². The third kappa shape index (κ3) is 4.37. The largest absolute Gasteiger partial charge is 0.480 e. The van der Waals surface area contributed by atoms with E-state index in [0.717, 1.165) is 11.1 Å². The summed E-state index contributed by atoms with van der Waals surface area (Å²) in [5.74, 6) is -2.61. The number of anilines is 1. The maximum absolute atomic E-state index is 13.5. The quantitative estimate of drug-likeness (QED) is 0.572. The van der Waals surface area contributed by atoms with E-state index in [1.165, 1.54) is 11.1 Å². The van der Waals surface area contributed by atoms with Crippen LogP contribution in [0.25, 0.3) is 0 Å². The van der Waals surface area contributed by atoms with Crippen LogP contribution in [0, 0.1) is 5.92 Å². The lowest BCUT2D eigenvalue weighted by molar-refractivity contribution is -0.140. The number of hydrogen-bond acceptors (Lipinski definition) is 5. The van der Waals surface area contributed by atoms with Crippen molar-refractivity contribution in [2.24, 2.45) is 5.92 Å². The van der Waals surface area contributed by atoms with E-state index in [1.54, 1.807) is 18.3 Å². The van der Waals surface area contributed by atoms with Gasteiger partial charge in [0.2, 0.25) is 11.8 Å². The average molecular weight is 465 g/mol. The Hall–Kier alpha value is -3.75. The number of carbonyl (C=O) groups is 4. The van der Waals surface area contributed by atoms with Crippen LogP contribution in [0.5, 0.6) is 0 Å². The molecule has 1 aromatic heterocycles. The Morgan fingerprint density at radius 1 is 1.21 bits per heavy atom. The predicted octanol–water partition coefficient (Wildman–Crippen LogP) is 1.70. The molecule has 0 saturated carbocycles. The second-order valence-electron chi connectivity index (χ2n) is 8.87. The molecule has 2 aromatic rings. The van der Waals surface area contributed by atoms with Crippen molar-refractivity contribution in [1.29, 1.82) is 0 Å². The number of nitrogens with zero attached hydrogens (tertiary/aromatic N) is 2. The standard InChI is InChI=1S/C25H28N4O5/c1-3-14(2)20(28-22(30)17-8-5-11-26-13-17)23(31)27-18-10-9-15-6-4-7-16-12-19(25(33)34)29(21(15)16)24(18)32/h4-8,11,13-14,18-20H,3,9-10,12H2,1-2H3,(H,27,31)(H,28,30)(H,33,34)/t14-,18-,19-,20-/m0/s1. The molecule has 2 aliphatic heterocycles. The van der Waals surface area contributed by atoms with Crippen LogP contribution >= 0.6 is 0 Å². The molecule has 2 aliphatic rings. The van der Waals surface area contributed by atoms with Gasteiger partial charge in [-0.25, -0.2) is 4.79 Å². The fourth-order valence-corrected chi connectivity index (χ4v) is 4.65. The summed E-state index contributed by atoms with van der Waals surface area (Å²) >= 11 is 0. The van der Waals surface area contributed by atoms with Gasteiger partial charge in [-0.2, -0.15) is 0 Å². The van der Waals surface area contributed by atoms with Crippen molar-refractivity contribution >= 4 is 29.4 Å². The van der Waals surface area contributed by atoms with Gasteiger partial charge in [0, 0.05) is 18.8 Å². The lowest BCUT2D eigenvalue weighted by Crippen LogP contribution is -2.57. The fourth-order valence-electron chi connectivity index (χ4n) is 4.65. The van der Waals surface area contributed by atoms with Crippen molar-refractivity contribution in [2.75, 3.05) is 4.90 Å². The Morgan fingerprint density at radius 3 is 2.65 bits per heavy atom. The molecule has 9 nitrogen and oxygen atoms in total. The van der Waals surface area contributed by atoms with Gasteiger partial charge in [-0.05, 0) is 42.0 Å². The second-order valence-corrected chi connectivity index (χ2v) is 8.87. The van der Waals surface area contributed by atoms with Gasteiger partial charge in [0.15, 0.2) is 0 Å². The number of para-hydroxylation sites is 1. The molecule has 178 valence electrons. The molecule has 0 fully saturated rings. The normalized spacial score (nSPS) is 20.6. The molecule has 4 rings (SSSR count). The van der Waals surface area contributed by atoms with Crippen LogP contribution in [0.4, 0.5) is 5.69 Å². The number of benzene rings is 1. The second kappa shape index (κ2) is 9.62. The van der Waals surface area contributed by atoms with Crippen molar-refractivity contribution in [2.45, 2.75) is 57.7 Å². The molecule has 9 heteroatoms. The van der Waals surface area contributed by atoms with Crippen LogP contribution < -0.4 is 15.5 Å². The Kier molecular flexibility index (Phi) is 6.63. The highest BCUT2D eigenvalue weighted by Gasteiger charge is 2.44. The molecule has 34 heavy (non-hydrogen) atoms. The lowest BCUT2D eigenvalue weighted by atomic mass is 9.96. The summed E-state index contributed by atoms with van der Waals surface area (Å²) in [6, 6.07) is 6.09. The first-order chi connectivity index (χ1) is 16.3. The number of rotatable bonds is 7. The van der Waals surface area contributed by atoms with E-state index in [2.05, 4.69) is 15.6 Å². The summed E-state index contributed by atoms with van der Waals surface area (Å²) in [5, 5.41) is 15.3. The molecule has 0 saturated heterocycles. The molecule has 3 N–H and O–H groups in total. The number of carbonyl (C=O) groups excluding carboxylic acids is 3. The smallest absolute Gasteiger partial charge is 0.327 e. The van der Waals surface area contributed by atoms with Crippen molar-refractivity contribution in [3.63, 3.8) is 0 Å². The molecule has 0 radical (unpaired) electrons. The minimum Gasteiger partial charge on any atom is -0.480 e. The first-order valence-corrected chi connectivity index (χ1v) is 11.5. The van der Waals surface area contributed by atoms with Crippen LogP contribution in [-0.4, -0.2) is 51.9 Å². The number of nitrogens with one attached hydrogen (secondary N) is 2. The lowest BCUT2D eigenvalue weighted by Gasteiger charge is -2.29. The molecule has 0 spiro atoms. The van der Waals surface area contributed by atoms with E-state index in [-0.39, 0.29) is 12.3 Å². The van der Waals surface area contributed by atoms with E-state index in [9.17, 15) is 24.3 Å².